The highest BCUT2D eigenvalue weighted by Crippen LogP contribution is 2.22. The van der Waals surface area contributed by atoms with E-state index in [1.165, 1.54) is 5.56 Å². The molecule has 0 fully saturated rings. The summed E-state index contributed by atoms with van der Waals surface area (Å²) in [7, 11) is 0. The van der Waals surface area contributed by atoms with Crippen LogP contribution in [0.3, 0.4) is 0 Å². The molecule has 0 bridgehead atoms. The summed E-state index contributed by atoms with van der Waals surface area (Å²) in [6, 6.07) is 8.77. The minimum atomic E-state index is -0.0120. The molecule has 0 spiro atoms. The van der Waals surface area contributed by atoms with E-state index in [9.17, 15) is 0 Å². The van der Waals surface area contributed by atoms with Crippen LogP contribution in [-0.2, 0) is 6.42 Å². The molecule has 3 nitrogen and oxygen atoms in total. The molecule has 2 rings (SSSR count). The van der Waals surface area contributed by atoms with Crippen molar-refractivity contribution < 1.29 is 0 Å². The lowest BCUT2D eigenvalue weighted by atomic mass is 10.0. The summed E-state index contributed by atoms with van der Waals surface area (Å²) in [6.07, 6.45) is 3.90. The van der Waals surface area contributed by atoms with Gasteiger partial charge < -0.3 is 5.73 Å². The summed E-state index contributed by atoms with van der Waals surface area (Å²) >= 11 is 3.52. The van der Waals surface area contributed by atoms with E-state index in [-0.39, 0.29) is 6.04 Å². The molecular formula is C16H22BrN3. The number of benzene rings is 1. The first-order valence-electron chi connectivity index (χ1n) is 7.07. The highest BCUT2D eigenvalue weighted by atomic mass is 79.9. The monoisotopic (exact) mass is 335 g/mol. The predicted molar refractivity (Wildman–Crippen MR) is 86.7 cm³/mol. The van der Waals surface area contributed by atoms with E-state index in [0.717, 1.165) is 28.6 Å². The zero-order valence-electron chi connectivity index (χ0n) is 12.3. The van der Waals surface area contributed by atoms with E-state index in [0.29, 0.717) is 6.04 Å². The number of hydrogen-bond donors (Lipinski definition) is 1. The van der Waals surface area contributed by atoms with Gasteiger partial charge >= 0.3 is 0 Å². The highest BCUT2D eigenvalue weighted by Gasteiger charge is 2.11. The molecule has 1 aromatic heterocycles. The standard InChI is InChI=1S/C16H22BrN3/c1-4-12(3)20-8-7-14(19-20)10-16(18)13-5-6-15(17)11(2)9-13/h5-9,12,16H,4,10,18H2,1-3H3. The minimum absolute atomic E-state index is 0.0120. The molecule has 0 saturated heterocycles. The Kier molecular flexibility index (Phi) is 5.00. The van der Waals surface area contributed by atoms with E-state index in [4.69, 9.17) is 5.73 Å². The van der Waals surface area contributed by atoms with Crippen LogP contribution < -0.4 is 5.73 Å². The Bertz CT molecular complexity index is 577. The fourth-order valence-electron chi connectivity index (χ4n) is 2.16. The van der Waals surface area contributed by atoms with Crippen LogP contribution in [0, 0.1) is 6.92 Å². The molecule has 2 atom stereocenters. The molecule has 0 amide bonds. The lowest BCUT2D eigenvalue weighted by Gasteiger charge is -2.12. The number of nitrogens with zero attached hydrogens (tertiary/aromatic N) is 2. The normalized spacial score (nSPS) is 14.2. The van der Waals surface area contributed by atoms with E-state index in [2.05, 4.69) is 66.1 Å². The highest BCUT2D eigenvalue weighted by molar-refractivity contribution is 9.10. The van der Waals surface area contributed by atoms with Gasteiger partial charge in [-0.2, -0.15) is 5.10 Å². The van der Waals surface area contributed by atoms with Crippen molar-refractivity contribution >= 4 is 15.9 Å². The van der Waals surface area contributed by atoms with E-state index >= 15 is 0 Å². The SMILES string of the molecule is CCC(C)n1ccc(CC(N)c2ccc(Br)c(C)c2)n1. The van der Waals surface area contributed by atoms with Gasteiger partial charge in [0.25, 0.3) is 0 Å². The van der Waals surface area contributed by atoms with E-state index < -0.39 is 0 Å². The van der Waals surface area contributed by atoms with Crippen molar-refractivity contribution in [3.63, 3.8) is 0 Å². The topological polar surface area (TPSA) is 43.8 Å². The summed E-state index contributed by atoms with van der Waals surface area (Å²) < 4.78 is 3.14. The maximum atomic E-state index is 6.30. The molecule has 4 heteroatoms. The van der Waals surface area contributed by atoms with Crippen molar-refractivity contribution in [3.8, 4) is 0 Å². The van der Waals surface area contributed by atoms with Gasteiger partial charge in [0.2, 0.25) is 0 Å². The zero-order chi connectivity index (χ0) is 14.7. The summed E-state index contributed by atoms with van der Waals surface area (Å²) in [6.45, 7) is 6.43. The van der Waals surface area contributed by atoms with Gasteiger partial charge in [-0.1, -0.05) is 35.0 Å². The Balaban J connectivity index is 2.09. The molecule has 2 aromatic rings. The second-order valence-corrected chi connectivity index (χ2v) is 6.22. The van der Waals surface area contributed by atoms with E-state index in [1.54, 1.807) is 0 Å². The molecule has 0 saturated carbocycles. The quantitative estimate of drug-likeness (QED) is 0.891. The number of hydrogen-bond acceptors (Lipinski definition) is 2. The van der Waals surface area contributed by atoms with Crippen LogP contribution in [-0.4, -0.2) is 9.78 Å². The molecule has 2 N–H and O–H groups in total. The number of nitrogens with two attached hydrogens (primary N) is 1. The Labute approximate surface area is 129 Å². The molecule has 108 valence electrons. The van der Waals surface area contributed by atoms with Crippen LogP contribution in [0.15, 0.2) is 34.9 Å². The molecule has 2 unspecified atom stereocenters. The van der Waals surface area contributed by atoms with Crippen LogP contribution in [0.2, 0.25) is 0 Å². The Morgan fingerprint density at radius 2 is 2.10 bits per heavy atom. The van der Waals surface area contributed by atoms with Crippen LogP contribution >= 0.6 is 15.9 Å². The Morgan fingerprint density at radius 1 is 1.35 bits per heavy atom. The maximum absolute atomic E-state index is 6.30. The maximum Gasteiger partial charge on any atom is 0.0643 e. The average molecular weight is 336 g/mol. The second-order valence-electron chi connectivity index (χ2n) is 5.36. The third-order valence-corrected chi connectivity index (χ3v) is 4.63. The minimum Gasteiger partial charge on any atom is -0.324 e. The first-order chi connectivity index (χ1) is 9.51. The lowest BCUT2D eigenvalue weighted by Crippen LogP contribution is -2.14. The summed E-state index contributed by atoms with van der Waals surface area (Å²) in [5.41, 5.74) is 9.72. The van der Waals surface area contributed by atoms with Crippen LogP contribution in [0.4, 0.5) is 0 Å². The number of halogens is 1. The van der Waals surface area contributed by atoms with Gasteiger partial charge in [0.1, 0.15) is 0 Å². The summed E-state index contributed by atoms with van der Waals surface area (Å²) in [5.74, 6) is 0. The van der Waals surface area contributed by atoms with Gasteiger partial charge in [-0.15, -0.1) is 0 Å². The third kappa shape index (κ3) is 3.49. The molecule has 1 heterocycles. The van der Waals surface area contributed by atoms with Gasteiger partial charge in [0, 0.05) is 29.2 Å². The molecule has 0 aliphatic heterocycles. The average Bonchev–Trinajstić information content (AvgIpc) is 2.89. The molecule has 20 heavy (non-hydrogen) atoms. The smallest absolute Gasteiger partial charge is 0.0643 e. The number of rotatable bonds is 5. The number of aryl methyl sites for hydroxylation is 1. The second kappa shape index (κ2) is 6.55. The Hall–Kier alpha value is -1.13. The van der Waals surface area contributed by atoms with Gasteiger partial charge in [0.15, 0.2) is 0 Å². The van der Waals surface area contributed by atoms with Crippen molar-refractivity contribution in [1.82, 2.24) is 9.78 Å². The van der Waals surface area contributed by atoms with Gasteiger partial charge in [-0.05, 0) is 43.5 Å². The molecule has 0 aliphatic carbocycles. The van der Waals surface area contributed by atoms with Crippen LogP contribution in [0.5, 0.6) is 0 Å². The molecule has 0 radical (unpaired) electrons. The van der Waals surface area contributed by atoms with Crippen LogP contribution in [0.1, 0.15) is 49.2 Å². The first kappa shape index (κ1) is 15.3. The molecule has 0 aliphatic rings. The van der Waals surface area contributed by atoms with Crippen molar-refractivity contribution in [1.29, 1.82) is 0 Å². The molecular weight excluding hydrogens is 314 g/mol. The van der Waals surface area contributed by atoms with Crippen molar-refractivity contribution in [2.24, 2.45) is 5.73 Å². The fourth-order valence-corrected chi connectivity index (χ4v) is 2.41. The molecule has 1 aromatic carbocycles. The predicted octanol–water partition coefficient (Wildman–Crippen LogP) is 4.17. The van der Waals surface area contributed by atoms with E-state index in [1.807, 2.05) is 10.9 Å². The fraction of sp³-hybridized carbons (Fsp3) is 0.438. The van der Waals surface area contributed by atoms with Crippen molar-refractivity contribution in [3.05, 3.63) is 51.8 Å². The first-order valence-corrected chi connectivity index (χ1v) is 7.86. The van der Waals surface area contributed by atoms with Crippen molar-refractivity contribution in [2.75, 3.05) is 0 Å². The summed E-state index contributed by atoms with van der Waals surface area (Å²) in [4.78, 5) is 0. The zero-order valence-corrected chi connectivity index (χ0v) is 13.9. The van der Waals surface area contributed by atoms with Gasteiger partial charge in [0.05, 0.1) is 5.69 Å². The largest absolute Gasteiger partial charge is 0.324 e. The van der Waals surface area contributed by atoms with Gasteiger partial charge in [-0.3, -0.25) is 4.68 Å². The summed E-state index contributed by atoms with van der Waals surface area (Å²) in [5, 5.41) is 4.61. The van der Waals surface area contributed by atoms with Crippen LogP contribution in [0.25, 0.3) is 0 Å². The van der Waals surface area contributed by atoms with Gasteiger partial charge in [-0.25, -0.2) is 0 Å². The third-order valence-electron chi connectivity index (χ3n) is 3.75. The van der Waals surface area contributed by atoms with Crippen molar-refractivity contribution in [2.45, 2.75) is 45.7 Å². The lowest BCUT2D eigenvalue weighted by molar-refractivity contribution is 0.472. The Morgan fingerprint density at radius 3 is 2.75 bits per heavy atom. The number of aromatic nitrogens is 2.